The maximum absolute atomic E-state index is 13.0. The van der Waals surface area contributed by atoms with Gasteiger partial charge in [-0.25, -0.2) is 4.79 Å². The Morgan fingerprint density at radius 3 is 2.55 bits per heavy atom. The summed E-state index contributed by atoms with van der Waals surface area (Å²) in [4.78, 5) is 40.8. The first-order chi connectivity index (χ1) is 15.9. The molecule has 2 aliphatic heterocycles. The van der Waals surface area contributed by atoms with E-state index in [2.05, 4.69) is 10.4 Å². The van der Waals surface area contributed by atoms with Gasteiger partial charge in [-0.05, 0) is 39.0 Å². The number of hydrogen-bond donors (Lipinski definition) is 1. The second kappa shape index (κ2) is 9.39. The lowest BCUT2D eigenvalue weighted by atomic mass is 10.2. The molecule has 0 spiro atoms. The highest BCUT2D eigenvalue weighted by molar-refractivity contribution is 6.05. The van der Waals surface area contributed by atoms with Gasteiger partial charge in [0.15, 0.2) is 11.5 Å². The van der Waals surface area contributed by atoms with Crippen molar-refractivity contribution in [3.05, 3.63) is 35.7 Å². The molecular formula is C22H27N5O6. The van der Waals surface area contributed by atoms with Crippen LogP contribution in [0.1, 0.15) is 35.9 Å². The topological polar surface area (TPSA) is 115 Å². The highest BCUT2D eigenvalue weighted by Gasteiger charge is 2.29. The highest BCUT2D eigenvalue weighted by atomic mass is 16.7. The second-order valence-corrected chi connectivity index (χ2v) is 7.82. The maximum atomic E-state index is 13.0. The zero-order chi connectivity index (χ0) is 23.5. The molecule has 3 amide bonds. The Labute approximate surface area is 191 Å². The maximum Gasteiger partial charge on any atom is 0.409 e. The third-order valence-corrected chi connectivity index (χ3v) is 5.67. The fourth-order valence-corrected chi connectivity index (χ4v) is 3.74. The van der Waals surface area contributed by atoms with Crippen molar-refractivity contribution in [2.45, 2.75) is 26.8 Å². The van der Waals surface area contributed by atoms with Crippen LogP contribution in [0.5, 0.6) is 11.5 Å². The van der Waals surface area contributed by atoms with Crippen LogP contribution in [0, 0.1) is 6.92 Å². The zero-order valence-electron chi connectivity index (χ0n) is 18.9. The van der Waals surface area contributed by atoms with Gasteiger partial charge in [0, 0.05) is 37.9 Å². The van der Waals surface area contributed by atoms with Gasteiger partial charge in [-0.2, -0.15) is 5.10 Å². The minimum atomic E-state index is -0.561. The fraction of sp³-hybridized carbons (Fsp3) is 0.455. The van der Waals surface area contributed by atoms with Gasteiger partial charge >= 0.3 is 6.09 Å². The summed E-state index contributed by atoms with van der Waals surface area (Å²) in [6, 6.07) is 4.41. The Kier molecular flexibility index (Phi) is 6.38. The van der Waals surface area contributed by atoms with Gasteiger partial charge < -0.3 is 29.3 Å². The molecule has 3 heterocycles. The molecule has 11 nitrogen and oxygen atoms in total. The lowest BCUT2D eigenvalue weighted by Crippen LogP contribution is -2.52. The highest BCUT2D eigenvalue weighted by Crippen LogP contribution is 2.32. The summed E-state index contributed by atoms with van der Waals surface area (Å²) < 4.78 is 17.2. The van der Waals surface area contributed by atoms with E-state index < -0.39 is 6.04 Å². The van der Waals surface area contributed by atoms with E-state index in [9.17, 15) is 14.4 Å². The Bertz CT molecular complexity index is 1060. The van der Waals surface area contributed by atoms with Crippen LogP contribution < -0.4 is 14.8 Å². The largest absolute Gasteiger partial charge is 0.454 e. The van der Waals surface area contributed by atoms with Crippen molar-refractivity contribution in [3.8, 4) is 11.5 Å². The summed E-state index contributed by atoms with van der Waals surface area (Å²) in [7, 11) is 0. The monoisotopic (exact) mass is 457 g/mol. The van der Waals surface area contributed by atoms with Crippen LogP contribution in [0.15, 0.2) is 24.4 Å². The summed E-state index contributed by atoms with van der Waals surface area (Å²) in [6.45, 7) is 7.44. The lowest BCUT2D eigenvalue weighted by molar-refractivity contribution is -0.136. The van der Waals surface area contributed by atoms with E-state index in [1.54, 1.807) is 59.6 Å². The Hall–Kier alpha value is -3.76. The van der Waals surface area contributed by atoms with Crippen LogP contribution in [0.4, 0.5) is 10.5 Å². The predicted molar refractivity (Wildman–Crippen MR) is 117 cm³/mol. The molecule has 1 N–H and O–H groups in total. The normalized spacial score (nSPS) is 15.8. The van der Waals surface area contributed by atoms with Crippen LogP contribution in [0.2, 0.25) is 0 Å². The van der Waals surface area contributed by atoms with E-state index in [0.29, 0.717) is 61.2 Å². The van der Waals surface area contributed by atoms with E-state index in [4.69, 9.17) is 14.2 Å². The molecule has 1 unspecified atom stereocenters. The molecule has 1 saturated heterocycles. The van der Waals surface area contributed by atoms with Gasteiger partial charge in [-0.15, -0.1) is 0 Å². The molecule has 1 aromatic carbocycles. The molecule has 33 heavy (non-hydrogen) atoms. The zero-order valence-corrected chi connectivity index (χ0v) is 18.9. The van der Waals surface area contributed by atoms with Gasteiger partial charge in [0.1, 0.15) is 6.04 Å². The molecule has 0 radical (unpaired) electrons. The first-order valence-corrected chi connectivity index (χ1v) is 10.8. The van der Waals surface area contributed by atoms with Crippen molar-refractivity contribution in [2.24, 2.45) is 0 Å². The number of ether oxygens (including phenoxy) is 3. The molecule has 2 aliphatic rings. The van der Waals surface area contributed by atoms with E-state index in [-0.39, 0.29) is 24.7 Å². The first-order valence-electron chi connectivity index (χ1n) is 10.8. The quantitative estimate of drug-likeness (QED) is 0.730. The molecule has 4 rings (SSSR count). The summed E-state index contributed by atoms with van der Waals surface area (Å²) in [6.07, 6.45) is 1.29. The van der Waals surface area contributed by atoms with Crippen molar-refractivity contribution in [1.29, 1.82) is 0 Å². The number of amides is 3. The van der Waals surface area contributed by atoms with Crippen molar-refractivity contribution < 1.29 is 28.6 Å². The Morgan fingerprint density at radius 2 is 1.82 bits per heavy atom. The number of anilines is 1. The van der Waals surface area contributed by atoms with Gasteiger partial charge in [0.05, 0.1) is 18.0 Å². The summed E-state index contributed by atoms with van der Waals surface area (Å²) in [5, 5.41) is 7.26. The van der Waals surface area contributed by atoms with Crippen LogP contribution in [0.25, 0.3) is 0 Å². The standard InChI is InChI=1S/C22H27N5O6/c1-4-31-22(30)26-9-7-25(8-10-26)21(29)15(3)27-12-17(14(2)24-27)23-20(28)16-5-6-18-19(11-16)33-13-32-18/h5-6,11-12,15H,4,7-10,13H2,1-3H3,(H,23,28). The fourth-order valence-electron chi connectivity index (χ4n) is 3.74. The third kappa shape index (κ3) is 4.71. The van der Waals surface area contributed by atoms with E-state index in [1.807, 2.05) is 0 Å². The number of nitrogens with zero attached hydrogens (tertiary/aromatic N) is 4. The van der Waals surface area contributed by atoms with Crippen molar-refractivity contribution in [1.82, 2.24) is 19.6 Å². The molecule has 1 atom stereocenters. The predicted octanol–water partition coefficient (Wildman–Crippen LogP) is 2.03. The number of benzene rings is 1. The number of rotatable bonds is 5. The smallest absolute Gasteiger partial charge is 0.409 e. The van der Waals surface area contributed by atoms with Gasteiger partial charge in [-0.3, -0.25) is 14.3 Å². The number of nitrogens with one attached hydrogen (secondary N) is 1. The lowest BCUT2D eigenvalue weighted by Gasteiger charge is -2.35. The molecule has 0 aliphatic carbocycles. The van der Waals surface area contributed by atoms with Crippen molar-refractivity contribution in [2.75, 3.05) is 44.9 Å². The average Bonchev–Trinajstić information content (AvgIpc) is 3.44. The molecule has 176 valence electrons. The number of hydrogen-bond acceptors (Lipinski definition) is 7. The van der Waals surface area contributed by atoms with Crippen LogP contribution in [-0.2, 0) is 9.53 Å². The number of aromatic nitrogens is 2. The third-order valence-electron chi connectivity index (χ3n) is 5.67. The molecule has 2 aromatic rings. The molecule has 0 saturated carbocycles. The van der Waals surface area contributed by atoms with E-state index >= 15 is 0 Å². The number of carbonyl (C=O) groups excluding carboxylic acids is 3. The van der Waals surface area contributed by atoms with Gasteiger partial charge in [0.2, 0.25) is 12.7 Å². The van der Waals surface area contributed by atoms with Gasteiger partial charge in [0.25, 0.3) is 5.91 Å². The molecule has 1 aromatic heterocycles. The molecule has 1 fully saturated rings. The minimum Gasteiger partial charge on any atom is -0.454 e. The Morgan fingerprint density at radius 1 is 1.12 bits per heavy atom. The molecule has 0 bridgehead atoms. The van der Waals surface area contributed by atoms with Crippen LogP contribution in [0.3, 0.4) is 0 Å². The summed E-state index contributed by atoms with van der Waals surface area (Å²) >= 11 is 0. The van der Waals surface area contributed by atoms with E-state index in [1.165, 1.54) is 0 Å². The first kappa shape index (κ1) is 22.4. The molecular weight excluding hydrogens is 430 g/mol. The van der Waals surface area contributed by atoms with Crippen molar-refractivity contribution in [3.63, 3.8) is 0 Å². The van der Waals surface area contributed by atoms with Gasteiger partial charge in [-0.1, -0.05) is 0 Å². The average molecular weight is 457 g/mol. The molecule has 11 heteroatoms. The number of carbonyl (C=O) groups is 3. The SMILES string of the molecule is CCOC(=O)N1CCN(C(=O)C(C)n2cc(NC(=O)c3ccc4c(c3)OCO4)c(C)n2)CC1. The van der Waals surface area contributed by atoms with Crippen LogP contribution >= 0.6 is 0 Å². The number of piperazine rings is 1. The van der Waals surface area contributed by atoms with Crippen molar-refractivity contribution >= 4 is 23.6 Å². The number of aryl methyl sites for hydroxylation is 1. The number of fused-ring (bicyclic) bond motifs is 1. The summed E-state index contributed by atoms with van der Waals surface area (Å²) in [5.74, 6) is 0.711. The van der Waals surface area contributed by atoms with E-state index in [0.717, 1.165) is 0 Å². The Balaban J connectivity index is 1.38. The minimum absolute atomic E-state index is 0.102. The summed E-state index contributed by atoms with van der Waals surface area (Å²) in [5.41, 5.74) is 1.54. The van der Waals surface area contributed by atoms with Crippen LogP contribution in [-0.4, -0.2) is 77.1 Å². The second-order valence-electron chi connectivity index (χ2n) is 7.82.